The molecule has 0 saturated heterocycles. The van der Waals surface area contributed by atoms with E-state index in [1.807, 2.05) is 34.3 Å². The van der Waals surface area contributed by atoms with Crippen molar-refractivity contribution < 1.29 is 155 Å². The summed E-state index contributed by atoms with van der Waals surface area (Å²) in [5.74, 6) is 0.846. The Labute approximate surface area is 268 Å². The number of nitrogens with one attached hydrogen (secondary N) is 1. The summed E-state index contributed by atoms with van der Waals surface area (Å²) in [4.78, 5) is 4.56. The van der Waals surface area contributed by atoms with Crippen LogP contribution in [0.4, 0.5) is 0 Å². The van der Waals surface area contributed by atoms with Crippen LogP contribution in [0.2, 0.25) is 0 Å². The maximum Gasteiger partial charge on any atom is 1.00 e. The van der Waals surface area contributed by atoms with Gasteiger partial charge < -0.3 is 43.3 Å². The van der Waals surface area contributed by atoms with E-state index in [0.29, 0.717) is 23.6 Å². The van der Waals surface area contributed by atoms with Crippen LogP contribution in [-0.2, 0) is 50.1 Å². The molecule has 0 aromatic carbocycles. The van der Waals surface area contributed by atoms with E-state index in [1.54, 1.807) is 0 Å². The Morgan fingerprint density at radius 3 is 2.57 bits per heavy atom. The molecule has 23 heavy (non-hydrogen) atoms. The first-order chi connectivity index (χ1) is 9.80. The number of ether oxygens (including phenoxy) is 2. The van der Waals surface area contributed by atoms with E-state index in [2.05, 4.69) is 4.98 Å². The molecule has 2 atom stereocenters. The molecule has 1 aliphatic rings. The monoisotopic (exact) mass is 595 g/mol. The van der Waals surface area contributed by atoms with Gasteiger partial charge in [-0.1, -0.05) is 6.92 Å². The van der Waals surface area contributed by atoms with E-state index in [-0.39, 0.29) is 144 Å². The van der Waals surface area contributed by atoms with Crippen molar-refractivity contribution in [3.05, 3.63) is 23.0 Å². The van der Waals surface area contributed by atoms with E-state index >= 15 is 0 Å². The molecule has 0 radical (unpaired) electrons. The fourth-order valence-corrected chi connectivity index (χ4v) is 2.64. The minimum atomic E-state index is -0.204. The minimum Gasteiger partial charge on any atom is -0.496 e. The van der Waals surface area contributed by atoms with Gasteiger partial charge in [0.05, 0.1) is 34.3 Å². The fraction of sp³-hybridized carbons (Fsp3) is 0.643. The smallest absolute Gasteiger partial charge is 0.496 e. The summed E-state index contributed by atoms with van der Waals surface area (Å²) in [6.45, 7) is 3.95. The third kappa shape index (κ3) is 8.67. The van der Waals surface area contributed by atoms with E-state index in [4.69, 9.17) is 35.1 Å². The summed E-state index contributed by atoms with van der Waals surface area (Å²) < 4.78 is 13.1. The van der Waals surface area contributed by atoms with Crippen molar-refractivity contribution in [2.45, 2.75) is 39.3 Å². The predicted molar refractivity (Wildman–Crippen MR) is 84.9 cm³/mol. The van der Waals surface area contributed by atoms with Gasteiger partial charge in [-0.25, -0.2) is 0 Å². The summed E-state index contributed by atoms with van der Waals surface area (Å²) in [6, 6.07) is 0. The second-order valence-electron chi connectivity index (χ2n) is 5.92. The van der Waals surface area contributed by atoms with Crippen molar-refractivity contribution in [1.29, 1.82) is 0 Å². The molecule has 0 saturated carbocycles. The Kier molecular flexibility index (Phi) is 14.2. The van der Waals surface area contributed by atoms with Crippen LogP contribution in [0.3, 0.4) is 0 Å². The predicted octanol–water partition coefficient (Wildman–Crippen LogP) is -5.75. The first kappa shape index (κ1) is 26.6. The molecule has 5 nitrogen and oxygen atoms in total. The molecule has 2 heterocycles. The molecule has 1 N–H and O–H groups in total. The van der Waals surface area contributed by atoms with Crippen LogP contribution < -0.4 is 147 Å². The van der Waals surface area contributed by atoms with Crippen LogP contribution in [0.15, 0.2) is 6.20 Å². The minimum absolute atomic E-state index is 0. The Hall–Kier alpha value is 3.63. The maximum atomic E-state index is 5.98. The Morgan fingerprint density at radius 2 is 2.04 bits per heavy atom. The normalized spacial score (nSPS) is 18.1. The molecule has 118 valence electrons. The summed E-state index contributed by atoms with van der Waals surface area (Å²) in [5.41, 5.74) is 3.06. The Bertz CT molecular complexity index is 514. The zero-order valence-electron chi connectivity index (χ0n) is 15.0. The number of nitrogens with zero attached hydrogens (tertiary/aromatic N) is 2. The van der Waals surface area contributed by atoms with E-state index in [9.17, 15) is 0 Å². The van der Waals surface area contributed by atoms with Gasteiger partial charge >= 0.3 is 138 Å². The molecule has 2 rings (SSSR count). The van der Waals surface area contributed by atoms with Crippen LogP contribution >= 0.6 is 0 Å². The van der Waals surface area contributed by atoms with Gasteiger partial charge in [-0.15, -0.1) is 0 Å². The van der Waals surface area contributed by atoms with Crippen molar-refractivity contribution in [3.63, 3.8) is 0 Å². The molecule has 0 amide bonds. The quantitative estimate of drug-likeness (QED) is 0.272. The van der Waals surface area contributed by atoms with Crippen LogP contribution in [0.25, 0.3) is 0 Å². The van der Waals surface area contributed by atoms with Crippen molar-refractivity contribution in [2.75, 3.05) is 21.1 Å². The number of hydrogen-bond acceptors (Lipinski definition) is 5. The van der Waals surface area contributed by atoms with Crippen LogP contribution in [0.5, 0.6) is 5.75 Å². The fourth-order valence-electron chi connectivity index (χ4n) is 2.36. The Morgan fingerprint density at radius 1 is 1.39 bits per heavy atom. The second kappa shape index (κ2) is 12.3. The molecule has 9 heteroatoms. The van der Waals surface area contributed by atoms with Crippen molar-refractivity contribution >= 4 is 25.6 Å². The standard InChI is InChI=1S/C14H23N3O2S2.2Cs/c1-5-13-18-9-11-10(8-17(3,4)21)6-15-12(7-16(2)20)14(11)19-13;;/h6,13,16H,5,7-9H2,1-4H3;;/q;2*+1. The molecule has 0 aliphatic carbocycles. The van der Waals surface area contributed by atoms with Crippen molar-refractivity contribution in [3.8, 4) is 5.75 Å². The molecule has 1 aliphatic heterocycles. The van der Waals surface area contributed by atoms with E-state index in [0.717, 1.165) is 33.3 Å². The van der Waals surface area contributed by atoms with Gasteiger partial charge in [-0.05, 0) is 0 Å². The number of quaternary nitrogens is 2. The summed E-state index contributed by atoms with van der Waals surface area (Å²) in [5, 5.41) is 0. The molecule has 0 fully saturated rings. The first-order valence-corrected chi connectivity index (χ1v) is 7.89. The molecule has 0 bridgehead atoms. The van der Waals surface area contributed by atoms with Crippen molar-refractivity contribution in [1.82, 2.24) is 4.98 Å². The number of rotatable bonds is 5. The van der Waals surface area contributed by atoms with Crippen molar-refractivity contribution in [2.24, 2.45) is 0 Å². The first-order valence-electron chi connectivity index (χ1n) is 7.11. The topological polar surface area (TPSA) is 35.8 Å². The average Bonchev–Trinajstić information content (AvgIpc) is 2.39. The third-order valence-corrected chi connectivity index (χ3v) is 3.54. The summed E-state index contributed by atoms with van der Waals surface area (Å²) in [7, 11) is 5.89. The number of fused-ring (bicyclic) bond motifs is 1. The maximum absolute atomic E-state index is 5.98. The van der Waals surface area contributed by atoms with E-state index in [1.165, 1.54) is 0 Å². The van der Waals surface area contributed by atoms with Crippen LogP contribution in [0.1, 0.15) is 30.2 Å². The summed E-state index contributed by atoms with van der Waals surface area (Å²) in [6.07, 6.45) is 2.49. The molecular weight excluding hydrogens is 572 g/mol. The van der Waals surface area contributed by atoms with Gasteiger partial charge in [0.2, 0.25) is 0 Å². The van der Waals surface area contributed by atoms with Gasteiger partial charge in [-0.2, -0.15) is 0 Å². The van der Waals surface area contributed by atoms with Gasteiger partial charge in [0.15, 0.2) is 12.0 Å². The van der Waals surface area contributed by atoms with Gasteiger partial charge in [0.25, 0.3) is 0 Å². The largest absolute Gasteiger partial charge is 1.00 e. The molecule has 2 unspecified atom stereocenters. The molecule has 1 aromatic rings. The van der Waals surface area contributed by atoms with Gasteiger partial charge in [-0.3, -0.25) is 4.98 Å². The second-order valence-corrected chi connectivity index (χ2v) is 7.60. The molecule has 0 spiro atoms. The molecular formula is C14H23Cs2N3O2S2+2. The summed E-state index contributed by atoms with van der Waals surface area (Å²) >= 11 is 10.6. The van der Waals surface area contributed by atoms with Crippen LogP contribution in [-0.4, -0.2) is 36.3 Å². The average molecular weight is 595 g/mol. The zero-order chi connectivity index (χ0) is 15.6. The van der Waals surface area contributed by atoms with Gasteiger partial charge in [0.1, 0.15) is 12.2 Å². The SMILES string of the molecule is CCC1OCc2c(C[N+](C)(C)[S-])cnc(C[NH+](C)[S-])c2O1.[Cs+].[Cs+]. The number of aromatic nitrogens is 1. The van der Waals surface area contributed by atoms with Gasteiger partial charge in [0, 0.05) is 23.7 Å². The molecule has 1 aromatic heterocycles. The third-order valence-electron chi connectivity index (χ3n) is 3.26. The number of hydrogen-bond donors (Lipinski definition) is 1. The van der Waals surface area contributed by atoms with Crippen LogP contribution in [0, 0.1) is 0 Å². The Balaban J connectivity index is 0.00000242. The van der Waals surface area contributed by atoms with E-state index < -0.39 is 0 Å². The number of pyridine rings is 1. The zero-order valence-corrected chi connectivity index (χ0v) is 29.2.